The summed E-state index contributed by atoms with van der Waals surface area (Å²) in [6, 6.07) is -0.388. The fourth-order valence-corrected chi connectivity index (χ4v) is 3.62. The number of aliphatic hydroxyl groups excluding tert-OH is 1. The first-order chi connectivity index (χ1) is 8.94. The van der Waals surface area contributed by atoms with Crippen molar-refractivity contribution in [3.05, 3.63) is 27.0 Å². The Morgan fingerprint density at radius 1 is 1.37 bits per heavy atom. The van der Waals surface area contributed by atoms with Crippen LogP contribution in [0.25, 0.3) is 0 Å². The monoisotopic (exact) mass is 289 g/mol. The van der Waals surface area contributed by atoms with Gasteiger partial charge in [0.2, 0.25) is 10.0 Å². The molecular formula is C10H15N3O5S. The highest BCUT2D eigenvalue weighted by atomic mass is 32.2. The van der Waals surface area contributed by atoms with Gasteiger partial charge in [-0.05, 0) is 18.8 Å². The molecule has 1 fully saturated rings. The quantitative estimate of drug-likeness (QED) is 0.535. The van der Waals surface area contributed by atoms with Crippen LogP contribution < -0.4 is 16.0 Å². The third-order valence-electron chi connectivity index (χ3n) is 3.27. The maximum Gasteiger partial charge on any atom is 0.325 e. The minimum Gasteiger partial charge on any atom is -0.396 e. The average Bonchev–Trinajstić information content (AvgIpc) is 2.74. The fourth-order valence-electron chi connectivity index (χ4n) is 2.27. The Bertz CT molecular complexity index is 662. The summed E-state index contributed by atoms with van der Waals surface area (Å²) in [7, 11) is -4.01. The number of H-pyrrole nitrogens is 2. The highest BCUT2D eigenvalue weighted by molar-refractivity contribution is 7.89. The van der Waals surface area contributed by atoms with Gasteiger partial charge >= 0.3 is 5.69 Å². The molecule has 8 nitrogen and oxygen atoms in total. The molecule has 2 rings (SSSR count). The molecule has 0 aromatic carbocycles. The third-order valence-corrected chi connectivity index (χ3v) is 4.77. The van der Waals surface area contributed by atoms with Crippen LogP contribution in [0.3, 0.4) is 0 Å². The molecule has 0 radical (unpaired) electrons. The van der Waals surface area contributed by atoms with Gasteiger partial charge in [-0.1, -0.05) is 6.42 Å². The standard InChI is InChI=1S/C10H15N3O5S/c14-5-6-2-1-3-7(6)13-19(17,18)8-4-11-10(16)12-9(8)15/h4,6-7,13-14H,1-3,5H2,(H2,11,12,15,16). The number of nitrogens with one attached hydrogen (secondary N) is 3. The molecule has 2 unspecified atom stereocenters. The smallest absolute Gasteiger partial charge is 0.325 e. The van der Waals surface area contributed by atoms with Crippen molar-refractivity contribution in [1.29, 1.82) is 0 Å². The molecule has 0 spiro atoms. The molecule has 1 aromatic heterocycles. The van der Waals surface area contributed by atoms with Crippen LogP contribution in [0.4, 0.5) is 0 Å². The molecule has 9 heteroatoms. The van der Waals surface area contributed by atoms with Crippen molar-refractivity contribution in [1.82, 2.24) is 14.7 Å². The van der Waals surface area contributed by atoms with E-state index in [0.29, 0.717) is 6.42 Å². The zero-order valence-electron chi connectivity index (χ0n) is 10.0. The molecule has 0 bridgehead atoms. The molecule has 1 saturated carbocycles. The Kier molecular flexibility index (Phi) is 3.88. The minimum atomic E-state index is -4.01. The Hall–Kier alpha value is -1.45. The van der Waals surface area contributed by atoms with E-state index in [1.165, 1.54) is 0 Å². The van der Waals surface area contributed by atoms with Crippen LogP contribution in [0.5, 0.6) is 0 Å². The summed E-state index contributed by atoms with van der Waals surface area (Å²) < 4.78 is 26.5. The van der Waals surface area contributed by atoms with Crippen LogP contribution in [0.2, 0.25) is 0 Å². The number of hydrogen-bond donors (Lipinski definition) is 4. The normalized spacial score (nSPS) is 23.6. The molecule has 2 atom stereocenters. The van der Waals surface area contributed by atoms with Crippen molar-refractivity contribution in [2.24, 2.45) is 5.92 Å². The molecular weight excluding hydrogens is 274 g/mol. The number of aromatic amines is 2. The lowest BCUT2D eigenvalue weighted by molar-refractivity contribution is 0.213. The summed E-state index contributed by atoms with van der Waals surface area (Å²) >= 11 is 0. The van der Waals surface area contributed by atoms with Gasteiger partial charge in [0.15, 0.2) is 4.90 Å². The van der Waals surface area contributed by atoms with Crippen LogP contribution in [-0.2, 0) is 10.0 Å². The Balaban J connectivity index is 2.28. The lowest BCUT2D eigenvalue weighted by Crippen LogP contribution is -2.41. The van der Waals surface area contributed by atoms with Gasteiger partial charge < -0.3 is 10.1 Å². The van der Waals surface area contributed by atoms with Crippen molar-refractivity contribution in [3.8, 4) is 0 Å². The minimum absolute atomic E-state index is 0.102. The molecule has 1 aromatic rings. The van der Waals surface area contributed by atoms with E-state index in [1.54, 1.807) is 0 Å². The largest absolute Gasteiger partial charge is 0.396 e. The van der Waals surface area contributed by atoms with Gasteiger partial charge in [-0.15, -0.1) is 0 Å². The summed E-state index contributed by atoms with van der Waals surface area (Å²) in [5.41, 5.74) is -1.73. The number of sulfonamides is 1. The first kappa shape index (κ1) is 14.0. The highest BCUT2D eigenvalue weighted by Crippen LogP contribution is 2.26. The van der Waals surface area contributed by atoms with E-state index in [2.05, 4.69) is 9.71 Å². The van der Waals surface area contributed by atoms with Crippen molar-refractivity contribution in [2.75, 3.05) is 6.61 Å². The summed E-state index contributed by atoms with van der Waals surface area (Å²) in [5, 5.41) is 9.14. The van der Waals surface area contributed by atoms with E-state index in [1.807, 2.05) is 4.98 Å². The van der Waals surface area contributed by atoms with Crippen LogP contribution in [0, 0.1) is 5.92 Å². The number of rotatable bonds is 4. The van der Waals surface area contributed by atoms with E-state index in [4.69, 9.17) is 5.11 Å². The van der Waals surface area contributed by atoms with E-state index in [0.717, 1.165) is 19.0 Å². The van der Waals surface area contributed by atoms with Gasteiger partial charge in [0, 0.05) is 18.8 Å². The van der Waals surface area contributed by atoms with Crippen molar-refractivity contribution in [3.63, 3.8) is 0 Å². The highest BCUT2D eigenvalue weighted by Gasteiger charge is 2.31. The lowest BCUT2D eigenvalue weighted by atomic mass is 10.1. The average molecular weight is 289 g/mol. The van der Waals surface area contributed by atoms with Gasteiger partial charge in [-0.25, -0.2) is 17.9 Å². The molecule has 4 N–H and O–H groups in total. The van der Waals surface area contributed by atoms with Gasteiger partial charge in [0.25, 0.3) is 5.56 Å². The molecule has 1 aliphatic carbocycles. The summed E-state index contributed by atoms with van der Waals surface area (Å²) in [5.74, 6) is -0.142. The predicted octanol–water partition coefficient (Wildman–Crippen LogP) is -1.50. The first-order valence-electron chi connectivity index (χ1n) is 5.89. The lowest BCUT2D eigenvalue weighted by Gasteiger charge is -2.18. The summed E-state index contributed by atoms with van der Waals surface area (Å²) in [6.07, 6.45) is 3.05. The van der Waals surface area contributed by atoms with Crippen molar-refractivity contribution >= 4 is 10.0 Å². The van der Waals surface area contributed by atoms with E-state index in [-0.39, 0.29) is 18.6 Å². The number of hydrogen-bond acceptors (Lipinski definition) is 5. The Morgan fingerprint density at radius 3 is 2.74 bits per heavy atom. The van der Waals surface area contributed by atoms with E-state index < -0.39 is 26.2 Å². The van der Waals surface area contributed by atoms with E-state index >= 15 is 0 Å². The fraction of sp³-hybridized carbons (Fsp3) is 0.600. The Morgan fingerprint density at radius 2 is 2.11 bits per heavy atom. The van der Waals surface area contributed by atoms with E-state index in [9.17, 15) is 18.0 Å². The second-order valence-corrected chi connectivity index (χ2v) is 6.22. The van der Waals surface area contributed by atoms with Gasteiger partial charge in [-0.3, -0.25) is 9.78 Å². The first-order valence-corrected chi connectivity index (χ1v) is 7.37. The molecule has 0 aliphatic heterocycles. The van der Waals surface area contributed by atoms with Gasteiger partial charge in [-0.2, -0.15) is 0 Å². The summed E-state index contributed by atoms with van der Waals surface area (Å²) in [6.45, 7) is -0.102. The predicted molar refractivity (Wildman–Crippen MR) is 66.2 cm³/mol. The van der Waals surface area contributed by atoms with Gasteiger partial charge in [0.1, 0.15) is 0 Å². The SMILES string of the molecule is O=c1[nH]cc(S(=O)(=O)NC2CCCC2CO)c(=O)[nH]1. The zero-order chi connectivity index (χ0) is 14.0. The Labute approximate surface area is 108 Å². The van der Waals surface area contributed by atoms with Crippen LogP contribution in [-0.4, -0.2) is 36.1 Å². The molecule has 1 heterocycles. The molecule has 0 saturated heterocycles. The topological polar surface area (TPSA) is 132 Å². The zero-order valence-corrected chi connectivity index (χ0v) is 10.9. The maximum atomic E-state index is 12.0. The van der Waals surface area contributed by atoms with Crippen LogP contribution in [0.1, 0.15) is 19.3 Å². The molecule has 1 aliphatic rings. The molecule has 0 amide bonds. The summed E-state index contributed by atoms with van der Waals surface area (Å²) in [4.78, 5) is 25.8. The second-order valence-electron chi connectivity index (χ2n) is 4.54. The van der Waals surface area contributed by atoms with Crippen LogP contribution in [0.15, 0.2) is 20.7 Å². The number of aliphatic hydroxyl groups is 1. The third kappa shape index (κ3) is 2.94. The molecule has 106 valence electrons. The van der Waals surface area contributed by atoms with Crippen LogP contribution >= 0.6 is 0 Å². The van der Waals surface area contributed by atoms with Gasteiger partial charge in [0.05, 0.1) is 0 Å². The second kappa shape index (κ2) is 5.27. The van der Waals surface area contributed by atoms with Crippen molar-refractivity contribution < 1.29 is 13.5 Å². The van der Waals surface area contributed by atoms with Crippen molar-refractivity contribution in [2.45, 2.75) is 30.2 Å². The maximum absolute atomic E-state index is 12.0. The molecule has 19 heavy (non-hydrogen) atoms. The number of aromatic nitrogens is 2.